The van der Waals surface area contributed by atoms with Crippen molar-refractivity contribution in [1.82, 2.24) is 14.6 Å². The predicted molar refractivity (Wildman–Crippen MR) is 67.9 cm³/mol. The summed E-state index contributed by atoms with van der Waals surface area (Å²) in [5, 5.41) is 8.44. The Balaban J connectivity index is 2.21. The van der Waals surface area contributed by atoms with E-state index in [9.17, 15) is 0 Å². The first kappa shape index (κ1) is 10.0. The molecule has 3 nitrogen and oxygen atoms in total. The molecule has 0 spiro atoms. The van der Waals surface area contributed by atoms with Crippen LogP contribution in [0.4, 0.5) is 0 Å². The lowest BCUT2D eigenvalue weighted by Gasteiger charge is -2.01. The molecule has 3 rings (SSSR count). The quantitative estimate of drug-likeness (QED) is 0.634. The maximum atomic E-state index is 4.25. The lowest BCUT2D eigenvalue weighted by molar-refractivity contribution is 1.11. The third kappa shape index (κ3) is 1.69. The summed E-state index contributed by atoms with van der Waals surface area (Å²) in [6, 6.07) is 12.4. The van der Waals surface area contributed by atoms with E-state index in [4.69, 9.17) is 0 Å². The molecule has 3 aromatic rings. The highest BCUT2D eigenvalue weighted by Crippen LogP contribution is 2.19. The van der Waals surface area contributed by atoms with Crippen molar-refractivity contribution in [3.63, 3.8) is 0 Å². The third-order valence-corrected chi connectivity index (χ3v) is 2.88. The molecule has 0 atom stereocenters. The summed E-state index contributed by atoms with van der Waals surface area (Å²) in [4.78, 5) is 0. The lowest BCUT2D eigenvalue weighted by Crippen LogP contribution is -1.89. The van der Waals surface area contributed by atoms with Gasteiger partial charge in [0.25, 0.3) is 0 Å². The second-order valence-corrected chi connectivity index (χ2v) is 4.32. The highest BCUT2D eigenvalue weighted by Gasteiger charge is 2.07. The molecule has 0 saturated heterocycles. The van der Waals surface area contributed by atoms with Crippen LogP contribution in [0.15, 0.2) is 42.6 Å². The number of aromatic nitrogens is 3. The fraction of sp³-hybridized carbons (Fsp3) is 0.143. The van der Waals surface area contributed by atoms with Gasteiger partial charge in [-0.1, -0.05) is 29.8 Å². The number of hydrogen-bond donors (Lipinski definition) is 0. The van der Waals surface area contributed by atoms with Crippen LogP contribution >= 0.6 is 0 Å². The molecule has 0 fully saturated rings. The average Bonchev–Trinajstić information content (AvgIpc) is 2.73. The number of rotatable bonds is 1. The first-order valence-corrected chi connectivity index (χ1v) is 5.62. The smallest absolute Gasteiger partial charge is 0.168 e. The second-order valence-electron chi connectivity index (χ2n) is 4.32. The Morgan fingerprint density at radius 3 is 2.41 bits per heavy atom. The van der Waals surface area contributed by atoms with Crippen molar-refractivity contribution in [3.8, 4) is 11.4 Å². The van der Waals surface area contributed by atoms with E-state index in [1.165, 1.54) is 11.1 Å². The molecular formula is C14H13N3. The molecule has 2 heterocycles. The monoisotopic (exact) mass is 223 g/mol. The van der Waals surface area contributed by atoms with Crippen molar-refractivity contribution in [2.75, 3.05) is 0 Å². The van der Waals surface area contributed by atoms with Gasteiger partial charge in [-0.3, -0.25) is 4.40 Å². The van der Waals surface area contributed by atoms with Crippen LogP contribution < -0.4 is 0 Å². The van der Waals surface area contributed by atoms with Gasteiger partial charge in [0, 0.05) is 11.8 Å². The second kappa shape index (κ2) is 3.70. The van der Waals surface area contributed by atoms with Gasteiger partial charge in [0.2, 0.25) is 0 Å². The molecule has 0 aliphatic heterocycles. The van der Waals surface area contributed by atoms with E-state index in [-0.39, 0.29) is 0 Å². The molecule has 0 saturated carbocycles. The Morgan fingerprint density at radius 2 is 1.65 bits per heavy atom. The first-order valence-electron chi connectivity index (χ1n) is 5.62. The summed E-state index contributed by atoms with van der Waals surface area (Å²) >= 11 is 0. The van der Waals surface area contributed by atoms with Gasteiger partial charge in [0.05, 0.1) is 0 Å². The number of pyridine rings is 1. The van der Waals surface area contributed by atoms with Gasteiger partial charge in [-0.25, -0.2) is 0 Å². The lowest BCUT2D eigenvalue weighted by atomic mass is 10.1. The number of benzene rings is 1. The zero-order valence-electron chi connectivity index (χ0n) is 9.88. The van der Waals surface area contributed by atoms with Crippen LogP contribution in [0.25, 0.3) is 17.0 Å². The molecule has 84 valence electrons. The highest BCUT2D eigenvalue weighted by molar-refractivity contribution is 5.60. The molecular weight excluding hydrogens is 210 g/mol. The van der Waals surface area contributed by atoms with Crippen LogP contribution in [0.2, 0.25) is 0 Å². The molecule has 0 N–H and O–H groups in total. The zero-order valence-corrected chi connectivity index (χ0v) is 9.88. The van der Waals surface area contributed by atoms with E-state index in [2.05, 4.69) is 54.4 Å². The maximum Gasteiger partial charge on any atom is 0.168 e. The van der Waals surface area contributed by atoms with Crippen LogP contribution in [0.3, 0.4) is 0 Å². The fourth-order valence-corrected chi connectivity index (χ4v) is 1.89. The molecule has 0 bridgehead atoms. The van der Waals surface area contributed by atoms with Crippen LogP contribution in [-0.4, -0.2) is 14.6 Å². The van der Waals surface area contributed by atoms with Gasteiger partial charge in [-0.15, -0.1) is 10.2 Å². The normalized spacial score (nSPS) is 10.9. The van der Waals surface area contributed by atoms with Gasteiger partial charge in [-0.05, 0) is 31.5 Å². The van der Waals surface area contributed by atoms with Crippen molar-refractivity contribution >= 4 is 5.65 Å². The molecule has 17 heavy (non-hydrogen) atoms. The summed E-state index contributed by atoms with van der Waals surface area (Å²) in [6.07, 6.45) is 2.01. The number of hydrogen-bond acceptors (Lipinski definition) is 2. The predicted octanol–water partition coefficient (Wildman–Crippen LogP) is 3.01. The Morgan fingerprint density at radius 1 is 0.882 bits per heavy atom. The minimum atomic E-state index is 0.889. The maximum absolute atomic E-state index is 4.25. The van der Waals surface area contributed by atoms with Gasteiger partial charge >= 0.3 is 0 Å². The number of nitrogens with zero attached hydrogens (tertiary/aromatic N) is 3. The van der Waals surface area contributed by atoms with Crippen molar-refractivity contribution < 1.29 is 0 Å². The topological polar surface area (TPSA) is 30.2 Å². The summed E-state index contributed by atoms with van der Waals surface area (Å²) in [6.45, 7) is 4.13. The molecule has 0 radical (unpaired) electrons. The standard InChI is InChI=1S/C14H13N3/c1-10-3-5-12(6-4-10)14-16-15-13-9-11(2)7-8-17(13)14/h3-9H,1-2H3. The summed E-state index contributed by atoms with van der Waals surface area (Å²) in [5.74, 6) is 0.889. The van der Waals surface area contributed by atoms with Gasteiger partial charge in [-0.2, -0.15) is 0 Å². The average molecular weight is 223 g/mol. The molecule has 1 aromatic carbocycles. The van der Waals surface area contributed by atoms with Gasteiger partial charge < -0.3 is 0 Å². The van der Waals surface area contributed by atoms with E-state index in [1.54, 1.807) is 0 Å². The first-order chi connectivity index (χ1) is 8.24. The van der Waals surface area contributed by atoms with Gasteiger partial charge in [0.15, 0.2) is 11.5 Å². The van der Waals surface area contributed by atoms with Crippen molar-refractivity contribution in [2.45, 2.75) is 13.8 Å². The van der Waals surface area contributed by atoms with Crippen molar-refractivity contribution in [1.29, 1.82) is 0 Å². The number of fused-ring (bicyclic) bond motifs is 1. The SMILES string of the molecule is Cc1ccc(-c2nnc3cc(C)ccn23)cc1. The van der Waals surface area contributed by atoms with E-state index in [0.29, 0.717) is 0 Å². The Kier molecular flexibility index (Phi) is 2.18. The summed E-state index contributed by atoms with van der Waals surface area (Å²) in [5.41, 5.74) is 4.42. The molecule has 3 heteroatoms. The molecule has 0 aliphatic carbocycles. The van der Waals surface area contributed by atoms with Crippen molar-refractivity contribution in [2.24, 2.45) is 0 Å². The zero-order chi connectivity index (χ0) is 11.8. The Bertz CT molecular complexity index is 666. The van der Waals surface area contributed by atoms with Crippen LogP contribution in [0.5, 0.6) is 0 Å². The van der Waals surface area contributed by atoms with E-state index in [0.717, 1.165) is 17.0 Å². The molecule has 0 amide bonds. The number of aryl methyl sites for hydroxylation is 2. The van der Waals surface area contributed by atoms with Crippen LogP contribution in [-0.2, 0) is 0 Å². The minimum absolute atomic E-state index is 0.889. The van der Waals surface area contributed by atoms with E-state index in [1.807, 2.05) is 16.7 Å². The largest absolute Gasteiger partial charge is 0.282 e. The summed E-state index contributed by atoms with van der Waals surface area (Å²) < 4.78 is 2.01. The van der Waals surface area contributed by atoms with Crippen LogP contribution in [0, 0.1) is 13.8 Å². The van der Waals surface area contributed by atoms with Crippen LogP contribution in [0.1, 0.15) is 11.1 Å². The minimum Gasteiger partial charge on any atom is -0.282 e. The summed E-state index contributed by atoms with van der Waals surface area (Å²) in [7, 11) is 0. The molecule has 2 aromatic heterocycles. The Labute approximate surface area is 99.7 Å². The highest BCUT2D eigenvalue weighted by atomic mass is 15.2. The van der Waals surface area contributed by atoms with E-state index < -0.39 is 0 Å². The Hall–Kier alpha value is -2.16. The van der Waals surface area contributed by atoms with Gasteiger partial charge in [0.1, 0.15) is 0 Å². The fourth-order valence-electron chi connectivity index (χ4n) is 1.89. The third-order valence-electron chi connectivity index (χ3n) is 2.88. The molecule has 0 aliphatic rings. The van der Waals surface area contributed by atoms with Crippen molar-refractivity contribution in [3.05, 3.63) is 53.7 Å². The molecule has 0 unspecified atom stereocenters. The van der Waals surface area contributed by atoms with E-state index >= 15 is 0 Å².